The van der Waals surface area contributed by atoms with Crippen LogP contribution in [0.4, 0.5) is 4.79 Å². The summed E-state index contributed by atoms with van der Waals surface area (Å²) in [5.74, 6) is -4.53. The van der Waals surface area contributed by atoms with E-state index in [1.165, 1.54) is 18.9 Å². The molecule has 2 heterocycles. The van der Waals surface area contributed by atoms with Gasteiger partial charge >= 0.3 is 12.0 Å². The molecule has 1 aliphatic rings. The van der Waals surface area contributed by atoms with Crippen molar-refractivity contribution in [3.8, 4) is 0 Å². The van der Waals surface area contributed by atoms with E-state index < -0.39 is 77.8 Å². The summed E-state index contributed by atoms with van der Waals surface area (Å²) in [7, 11) is 1.49. The number of nitrogens with two attached hydrogens (primary N) is 2. The van der Waals surface area contributed by atoms with Crippen LogP contribution in [-0.2, 0) is 35.2 Å². The highest BCUT2D eigenvalue weighted by molar-refractivity contribution is 6.31. The van der Waals surface area contributed by atoms with Gasteiger partial charge in [0.05, 0.1) is 0 Å². The Balaban J connectivity index is 1.95. The molecule has 19 nitrogen and oxygen atoms in total. The molecule has 0 saturated carbocycles. The van der Waals surface area contributed by atoms with Gasteiger partial charge in [0, 0.05) is 48.7 Å². The fraction of sp³-hybridized carbons (Fsp3) is 0.600. The molecule has 6 atom stereocenters. The number of nitrogens with one attached hydrogen (secondary N) is 7. The molecule has 7 amide bonds. The Morgan fingerprint density at radius 3 is 2.28 bits per heavy atom. The highest BCUT2D eigenvalue weighted by atomic mass is 35.5. The summed E-state index contributed by atoms with van der Waals surface area (Å²) in [6.45, 7) is 9.27. The van der Waals surface area contributed by atoms with Crippen molar-refractivity contribution < 1.29 is 38.7 Å². The van der Waals surface area contributed by atoms with Crippen molar-refractivity contribution in [3.05, 3.63) is 35.0 Å². The van der Waals surface area contributed by atoms with Crippen molar-refractivity contribution in [2.75, 3.05) is 20.1 Å². The second kappa shape index (κ2) is 23.3. The highest BCUT2D eigenvalue weighted by Gasteiger charge is 2.36. The van der Waals surface area contributed by atoms with Crippen LogP contribution >= 0.6 is 11.6 Å². The quantitative estimate of drug-likeness (QED) is 0.0781. The molecule has 12 N–H and O–H groups in total. The third-order valence-corrected chi connectivity index (χ3v) is 10.3. The van der Waals surface area contributed by atoms with Gasteiger partial charge in [0.2, 0.25) is 29.5 Å². The average Bonchev–Trinajstić information content (AvgIpc) is 3.56. The predicted molar refractivity (Wildman–Crippen MR) is 228 cm³/mol. The molecule has 3 rings (SSSR count). The first-order valence-corrected chi connectivity index (χ1v) is 20.7. The molecular formula is C40H62ClN11O8. The van der Waals surface area contributed by atoms with Crippen molar-refractivity contribution in [3.63, 3.8) is 0 Å². The number of guanidine groups is 1. The van der Waals surface area contributed by atoms with E-state index in [4.69, 9.17) is 23.1 Å². The number of aromatic amines is 1. The first kappa shape index (κ1) is 48.8. The third-order valence-electron chi connectivity index (χ3n) is 10.1. The van der Waals surface area contributed by atoms with Gasteiger partial charge in [0.1, 0.15) is 36.3 Å². The molecule has 1 aromatic heterocycles. The second-order valence-electron chi connectivity index (χ2n) is 16.1. The predicted octanol–water partition coefficient (Wildman–Crippen LogP) is 1.23. The topological polar surface area (TPSA) is 295 Å². The number of benzene rings is 1. The number of urea groups is 1. The van der Waals surface area contributed by atoms with Gasteiger partial charge < -0.3 is 58.4 Å². The zero-order valence-electron chi connectivity index (χ0n) is 35.2. The van der Waals surface area contributed by atoms with Gasteiger partial charge in [-0.05, 0) is 81.4 Å². The van der Waals surface area contributed by atoms with Crippen molar-refractivity contribution >= 4 is 70.0 Å². The zero-order valence-corrected chi connectivity index (χ0v) is 36.0. The molecular weight excluding hydrogens is 798 g/mol. The van der Waals surface area contributed by atoms with Crippen LogP contribution in [0.15, 0.2) is 29.4 Å². The molecule has 0 radical (unpaired) electrons. The molecule has 0 aliphatic carbocycles. The van der Waals surface area contributed by atoms with Gasteiger partial charge in [-0.3, -0.25) is 29.0 Å². The summed E-state index contributed by atoms with van der Waals surface area (Å²) in [5, 5.41) is 27.1. The Hall–Kier alpha value is -5.59. The summed E-state index contributed by atoms with van der Waals surface area (Å²) >= 11 is 6.20. The maximum atomic E-state index is 14.2. The number of H-pyrrole nitrogens is 1. The number of carbonyl (C=O) groups is 7. The summed E-state index contributed by atoms with van der Waals surface area (Å²) in [6.07, 6.45) is 3.23. The smallest absolute Gasteiger partial charge is 0.326 e. The van der Waals surface area contributed by atoms with Crippen LogP contribution in [0, 0.1) is 11.8 Å². The van der Waals surface area contributed by atoms with Crippen LogP contribution in [0.3, 0.4) is 0 Å². The molecule has 1 aromatic carbocycles. The van der Waals surface area contributed by atoms with Crippen LogP contribution in [0.5, 0.6) is 0 Å². The van der Waals surface area contributed by atoms with E-state index in [9.17, 15) is 38.7 Å². The largest absolute Gasteiger partial charge is 0.480 e. The number of likely N-dealkylation sites (N-methyl/N-ethyl adjacent to an activating group) is 1. The van der Waals surface area contributed by atoms with Gasteiger partial charge in [-0.15, -0.1) is 0 Å². The molecule has 2 aromatic rings. The molecule has 1 saturated heterocycles. The molecule has 1 fully saturated rings. The second-order valence-corrected chi connectivity index (χ2v) is 16.5. The molecule has 20 heteroatoms. The Morgan fingerprint density at radius 1 is 0.950 bits per heavy atom. The lowest BCUT2D eigenvalue weighted by atomic mass is 9.97. The summed E-state index contributed by atoms with van der Waals surface area (Å²) in [4.78, 5) is 103. The van der Waals surface area contributed by atoms with Crippen molar-refractivity contribution in [2.45, 2.75) is 122 Å². The third kappa shape index (κ3) is 15.2. The highest BCUT2D eigenvalue weighted by Crippen LogP contribution is 2.24. The number of carbonyl (C=O) groups excluding carboxylic acids is 6. The minimum Gasteiger partial charge on any atom is -0.480 e. The SMILES string of the molecule is CC(C)C[C@@H]1NC(=O)[C@H](C)NC(=O)[C@H](NC(=O)N[C@@H](CCCN=C(N)N)C(=O)O)CCCCNC(=O)[C@H](Cc2c[nH]c3cc(Cl)ccc23)NC(=O)[C@H](CC(C)C)N(C)C1=O. The first-order chi connectivity index (χ1) is 28.3. The fourth-order valence-electron chi connectivity index (χ4n) is 6.88. The zero-order chi connectivity index (χ0) is 44.7. The van der Waals surface area contributed by atoms with E-state index in [1.54, 1.807) is 18.3 Å². The molecule has 0 unspecified atom stereocenters. The lowest BCUT2D eigenvalue weighted by Crippen LogP contribution is -2.59. The number of halogens is 1. The maximum Gasteiger partial charge on any atom is 0.326 e. The van der Waals surface area contributed by atoms with Gasteiger partial charge in [-0.25, -0.2) is 9.59 Å². The lowest BCUT2D eigenvalue weighted by molar-refractivity contribution is -0.143. The van der Waals surface area contributed by atoms with Crippen molar-refractivity contribution in [1.82, 2.24) is 41.8 Å². The Morgan fingerprint density at radius 2 is 1.63 bits per heavy atom. The minimum atomic E-state index is -1.32. The molecule has 0 spiro atoms. The number of nitrogens with zero attached hydrogens (tertiary/aromatic N) is 2. The fourth-order valence-corrected chi connectivity index (χ4v) is 7.05. The number of carboxylic acid groups (broad SMARTS) is 1. The Kier molecular flexibility index (Phi) is 18.9. The summed E-state index contributed by atoms with van der Waals surface area (Å²) < 4.78 is 0. The normalized spacial score (nSPS) is 22.1. The Bertz CT molecular complexity index is 1860. The number of aliphatic imine (C=N–C) groups is 1. The summed E-state index contributed by atoms with van der Waals surface area (Å²) in [5.41, 5.74) is 12.2. The number of hydrogen-bond acceptors (Lipinski definition) is 8. The molecule has 332 valence electrons. The number of rotatable bonds is 13. The molecule has 1 aliphatic heterocycles. The Labute approximate surface area is 355 Å². The van der Waals surface area contributed by atoms with Crippen LogP contribution in [-0.4, -0.2) is 119 Å². The number of aliphatic carboxylic acids is 1. The van der Waals surface area contributed by atoms with Gasteiger partial charge in [0.25, 0.3) is 0 Å². The number of fused-ring (bicyclic) bond motifs is 1. The number of aromatic nitrogens is 1. The minimum absolute atomic E-state index is 0.00687. The molecule has 0 bridgehead atoms. The van der Waals surface area contributed by atoms with E-state index in [0.29, 0.717) is 17.9 Å². The van der Waals surface area contributed by atoms with Gasteiger partial charge in [-0.1, -0.05) is 45.4 Å². The monoisotopic (exact) mass is 859 g/mol. The van der Waals surface area contributed by atoms with E-state index in [1.807, 2.05) is 33.8 Å². The van der Waals surface area contributed by atoms with E-state index in [0.717, 1.165) is 16.5 Å². The van der Waals surface area contributed by atoms with E-state index in [2.05, 4.69) is 41.9 Å². The number of hydrogen-bond donors (Lipinski definition) is 10. The number of carboxylic acids is 1. The van der Waals surface area contributed by atoms with Crippen molar-refractivity contribution in [1.29, 1.82) is 0 Å². The summed E-state index contributed by atoms with van der Waals surface area (Å²) in [6, 6.07) is -2.50. The first-order valence-electron chi connectivity index (χ1n) is 20.3. The lowest BCUT2D eigenvalue weighted by Gasteiger charge is -2.33. The standard InChI is InChI=1S/C40H62ClN11O8/c1-21(2)16-31-37(57)52(6)32(17-22(3)4)36(56)48-30(18-24-20-46-29-19-25(41)12-13-26(24)29)34(54)44-14-8-7-10-27(35(55)47-23(5)33(53)49-31)50-40(60)51-28(38(58)59)11-9-15-45-39(42)43/h12-13,19-23,27-28,30-32,46H,7-11,14-18H2,1-6H3,(H,44,54)(H,47,55)(H,48,56)(H,49,53)(H,58,59)(H4,42,43,45)(H2,50,51,60)/t23-,27+,28-,30-,31-,32-/m0/s1. The molecule has 60 heavy (non-hydrogen) atoms. The van der Waals surface area contributed by atoms with Crippen molar-refractivity contribution in [2.24, 2.45) is 28.3 Å². The van der Waals surface area contributed by atoms with Crippen LogP contribution < -0.4 is 43.4 Å². The average molecular weight is 860 g/mol. The van der Waals surface area contributed by atoms with Crippen LogP contribution in [0.25, 0.3) is 10.9 Å². The van der Waals surface area contributed by atoms with Crippen LogP contribution in [0.2, 0.25) is 5.02 Å². The maximum absolute atomic E-state index is 14.2. The number of amides is 7. The van der Waals surface area contributed by atoms with Gasteiger partial charge in [-0.2, -0.15) is 0 Å². The van der Waals surface area contributed by atoms with E-state index in [-0.39, 0.29) is 69.4 Å². The van der Waals surface area contributed by atoms with Gasteiger partial charge in [0.15, 0.2) is 5.96 Å². The van der Waals surface area contributed by atoms with Crippen LogP contribution in [0.1, 0.15) is 85.1 Å². The van der Waals surface area contributed by atoms with E-state index >= 15 is 0 Å².